The predicted octanol–water partition coefficient (Wildman–Crippen LogP) is 3.93. The van der Waals surface area contributed by atoms with E-state index in [1.54, 1.807) is 30.5 Å². The molecule has 1 heterocycles. The molecule has 3 aromatic rings. The third-order valence-electron chi connectivity index (χ3n) is 3.66. The molecule has 0 atom stereocenters. The van der Waals surface area contributed by atoms with Gasteiger partial charge in [-0.25, -0.2) is 0 Å². The van der Waals surface area contributed by atoms with Crippen molar-refractivity contribution in [2.75, 3.05) is 6.61 Å². The molecule has 0 saturated carbocycles. The summed E-state index contributed by atoms with van der Waals surface area (Å²) in [4.78, 5) is 23.9. The van der Waals surface area contributed by atoms with E-state index in [1.807, 2.05) is 31.2 Å². The molecule has 4 heteroatoms. The van der Waals surface area contributed by atoms with E-state index in [-0.39, 0.29) is 5.91 Å². The van der Waals surface area contributed by atoms with Crippen molar-refractivity contribution in [3.8, 4) is 5.75 Å². The lowest BCUT2D eigenvalue weighted by molar-refractivity contribution is 0.0965. The molecule has 0 radical (unpaired) electrons. The minimum Gasteiger partial charge on any atom is -0.494 e. The lowest BCUT2D eigenvalue weighted by atomic mass is 10.2. The normalized spacial score (nSPS) is 10.7. The van der Waals surface area contributed by atoms with E-state index in [1.165, 1.54) is 4.57 Å². The first-order valence-electron chi connectivity index (χ1n) is 7.57. The highest BCUT2D eigenvalue weighted by molar-refractivity contribution is 6.06. The number of rotatable bonds is 5. The van der Waals surface area contributed by atoms with Crippen molar-refractivity contribution in [2.24, 2.45) is 0 Å². The molecule has 116 valence electrons. The fraction of sp³-hybridized carbons (Fsp3) is 0.158. The summed E-state index contributed by atoms with van der Waals surface area (Å²) in [5.41, 5.74) is 1.79. The van der Waals surface area contributed by atoms with Crippen LogP contribution < -0.4 is 4.74 Å². The SMILES string of the molecule is CCCOc1ccc(C(=O)n2cc(C=O)c3ccccc32)cc1. The van der Waals surface area contributed by atoms with E-state index >= 15 is 0 Å². The predicted molar refractivity (Wildman–Crippen MR) is 89.3 cm³/mol. The lowest BCUT2D eigenvalue weighted by Crippen LogP contribution is -2.10. The second-order valence-electron chi connectivity index (χ2n) is 5.27. The van der Waals surface area contributed by atoms with Gasteiger partial charge >= 0.3 is 0 Å². The van der Waals surface area contributed by atoms with Crippen molar-refractivity contribution in [2.45, 2.75) is 13.3 Å². The summed E-state index contributed by atoms with van der Waals surface area (Å²) in [6.07, 6.45) is 3.29. The Morgan fingerprint density at radius 1 is 1.13 bits per heavy atom. The maximum Gasteiger partial charge on any atom is 0.262 e. The number of benzene rings is 2. The van der Waals surface area contributed by atoms with Crippen LogP contribution in [0.5, 0.6) is 5.75 Å². The molecule has 0 N–H and O–H groups in total. The van der Waals surface area contributed by atoms with Crippen molar-refractivity contribution in [3.63, 3.8) is 0 Å². The number of para-hydroxylation sites is 1. The monoisotopic (exact) mass is 307 g/mol. The summed E-state index contributed by atoms with van der Waals surface area (Å²) in [6.45, 7) is 2.69. The molecule has 0 unspecified atom stereocenters. The van der Waals surface area contributed by atoms with Crippen LogP contribution >= 0.6 is 0 Å². The van der Waals surface area contributed by atoms with Crippen LogP contribution in [-0.2, 0) is 0 Å². The number of hydrogen-bond acceptors (Lipinski definition) is 3. The highest BCUT2D eigenvalue weighted by Gasteiger charge is 2.14. The zero-order valence-electron chi connectivity index (χ0n) is 12.9. The molecule has 2 aromatic carbocycles. The lowest BCUT2D eigenvalue weighted by Gasteiger charge is -2.07. The number of carbonyl (C=O) groups excluding carboxylic acids is 2. The van der Waals surface area contributed by atoms with Crippen LogP contribution in [0, 0.1) is 0 Å². The van der Waals surface area contributed by atoms with Gasteiger partial charge in [0, 0.05) is 22.7 Å². The number of nitrogens with zero attached hydrogens (tertiary/aromatic N) is 1. The Morgan fingerprint density at radius 2 is 1.87 bits per heavy atom. The molecule has 0 bridgehead atoms. The molecular weight excluding hydrogens is 290 g/mol. The second kappa shape index (κ2) is 6.48. The van der Waals surface area contributed by atoms with Crippen molar-refractivity contribution in [1.82, 2.24) is 4.57 Å². The topological polar surface area (TPSA) is 48.3 Å². The van der Waals surface area contributed by atoms with Gasteiger partial charge in [0.25, 0.3) is 5.91 Å². The van der Waals surface area contributed by atoms with Crippen LogP contribution in [0.2, 0.25) is 0 Å². The van der Waals surface area contributed by atoms with Gasteiger partial charge in [-0.1, -0.05) is 25.1 Å². The zero-order valence-corrected chi connectivity index (χ0v) is 12.9. The molecule has 0 amide bonds. The Labute approximate surface area is 134 Å². The van der Waals surface area contributed by atoms with Gasteiger partial charge in [0.2, 0.25) is 0 Å². The molecular formula is C19H17NO3. The van der Waals surface area contributed by atoms with Crippen LogP contribution in [-0.4, -0.2) is 23.4 Å². The van der Waals surface area contributed by atoms with Gasteiger partial charge in [0.1, 0.15) is 5.75 Å². The third-order valence-corrected chi connectivity index (χ3v) is 3.66. The Morgan fingerprint density at radius 3 is 2.57 bits per heavy atom. The third kappa shape index (κ3) is 2.88. The highest BCUT2D eigenvalue weighted by atomic mass is 16.5. The summed E-state index contributed by atoms with van der Waals surface area (Å²) < 4.78 is 7.04. The van der Waals surface area contributed by atoms with E-state index in [9.17, 15) is 9.59 Å². The van der Waals surface area contributed by atoms with E-state index in [0.717, 1.165) is 29.4 Å². The highest BCUT2D eigenvalue weighted by Crippen LogP contribution is 2.22. The molecule has 23 heavy (non-hydrogen) atoms. The number of carbonyl (C=O) groups is 2. The molecule has 0 fully saturated rings. The number of ether oxygens (including phenoxy) is 1. The largest absolute Gasteiger partial charge is 0.494 e. The fourth-order valence-corrected chi connectivity index (χ4v) is 2.52. The van der Waals surface area contributed by atoms with Crippen LogP contribution in [0.1, 0.15) is 34.1 Å². The summed E-state index contributed by atoms with van der Waals surface area (Å²) in [5.74, 6) is 0.575. The molecule has 3 rings (SSSR count). The summed E-state index contributed by atoms with van der Waals surface area (Å²) in [6, 6.07) is 14.4. The van der Waals surface area contributed by atoms with Crippen molar-refractivity contribution < 1.29 is 14.3 Å². The molecule has 4 nitrogen and oxygen atoms in total. The van der Waals surface area contributed by atoms with E-state index in [0.29, 0.717) is 17.7 Å². The maximum atomic E-state index is 12.7. The zero-order chi connectivity index (χ0) is 16.2. The first-order chi connectivity index (χ1) is 11.2. The van der Waals surface area contributed by atoms with Crippen molar-refractivity contribution >= 4 is 23.1 Å². The Hall–Kier alpha value is -2.88. The smallest absolute Gasteiger partial charge is 0.262 e. The van der Waals surface area contributed by atoms with Gasteiger partial charge in [-0.15, -0.1) is 0 Å². The molecule has 1 aromatic heterocycles. The standard InChI is InChI=1S/C19H17NO3/c1-2-11-23-16-9-7-14(8-10-16)19(22)20-12-15(13-21)17-5-3-4-6-18(17)20/h3-10,12-13H,2,11H2,1H3. The van der Waals surface area contributed by atoms with Crippen LogP contribution in [0.15, 0.2) is 54.7 Å². The maximum absolute atomic E-state index is 12.7. The quantitative estimate of drug-likeness (QED) is 0.671. The number of hydrogen-bond donors (Lipinski definition) is 0. The minimum absolute atomic E-state index is 0.170. The minimum atomic E-state index is -0.170. The molecule has 0 saturated heterocycles. The second-order valence-corrected chi connectivity index (χ2v) is 5.27. The Kier molecular flexibility index (Phi) is 4.24. The van der Waals surface area contributed by atoms with Gasteiger partial charge < -0.3 is 4.74 Å². The molecule has 0 aliphatic heterocycles. The van der Waals surface area contributed by atoms with Gasteiger partial charge in [-0.2, -0.15) is 0 Å². The first kappa shape index (κ1) is 15.0. The van der Waals surface area contributed by atoms with Crippen LogP contribution in [0.4, 0.5) is 0 Å². The molecule has 0 spiro atoms. The van der Waals surface area contributed by atoms with Crippen molar-refractivity contribution in [1.29, 1.82) is 0 Å². The average molecular weight is 307 g/mol. The van der Waals surface area contributed by atoms with E-state index in [4.69, 9.17) is 4.74 Å². The molecule has 0 aliphatic carbocycles. The Balaban J connectivity index is 1.96. The Bertz CT molecular complexity index is 847. The first-order valence-corrected chi connectivity index (χ1v) is 7.57. The van der Waals surface area contributed by atoms with E-state index < -0.39 is 0 Å². The van der Waals surface area contributed by atoms with Gasteiger partial charge in [-0.3, -0.25) is 14.2 Å². The van der Waals surface area contributed by atoms with E-state index in [2.05, 4.69) is 0 Å². The van der Waals surface area contributed by atoms with Gasteiger partial charge in [-0.05, 0) is 36.8 Å². The number of aldehydes is 1. The van der Waals surface area contributed by atoms with Gasteiger partial charge in [0.05, 0.1) is 12.1 Å². The number of aromatic nitrogens is 1. The average Bonchev–Trinajstić information content (AvgIpc) is 2.98. The number of fused-ring (bicyclic) bond motifs is 1. The summed E-state index contributed by atoms with van der Waals surface area (Å²) in [7, 11) is 0. The van der Waals surface area contributed by atoms with Crippen LogP contribution in [0.25, 0.3) is 10.9 Å². The summed E-state index contributed by atoms with van der Waals surface area (Å²) in [5, 5.41) is 0.777. The fourth-order valence-electron chi connectivity index (χ4n) is 2.52. The summed E-state index contributed by atoms with van der Waals surface area (Å²) >= 11 is 0. The van der Waals surface area contributed by atoms with Gasteiger partial charge in [0.15, 0.2) is 6.29 Å². The van der Waals surface area contributed by atoms with Crippen LogP contribution in [0.3, 0.4) is 0 Å². The van der Waals surface area contributed by atoms with Crippen molar-refractivity contribution in [3.05, 3.63) is 65.9 Å². The molecule has 0 aliphatic rings.